The standard InChI is InChI=1S/C30H26/c1-24(22-29(25-14-6-2-7-15-25)26-16-8-3-9-17-26)23-30(27-18-10-4-11-19-27)28-20-12-5-13-21-28/h2-24H,1H3. The van der Waals surface area contributed by atoms with E-state index in [1.807, 2.05) is 0 Å². The summed E-state index contributed by atoms with van der Waals surface area (Å²) in [4.78, 5) is 0. The van der Waals surface area contributed by atoms with Gasteiger partial charge in [0, 0.05) is 0 Å². The van der Waals surface area contributed by atoms with Crippen LogP contribution in [0.4, 0.5) is 0 Å². The lowest BCUT2D eigenvalue weighted by Crippen LogP contribution is -1.95. The molecule has 0 unspecified atom stereocenters. The summed E-state index contributed by atoms with van der Waals surface area (Å²) >= 11 is 0. The van der Waals surface area contributed by atoms with Crippen LogP contribution in [-0.2, 0) is 0 Å². The zero-order valence-electron chi connectivity index (χ0n) is 17.3. The smallest absolute Gasteiger partial charge is 0.00630 e. The maximum absolute atomic E-state index is 2.37. The Balaban J connectivity index is 1.79. The molecule has 0 fully saturated rings. The van der Waals surface area contributed by atoms with Crippen molar-refractivity contribution in [2.24, 2.45) is 5.92 Å². The van der Waals surface area contributed by atoms with Crippen molar-refractivity contribution in [1.82, 2.24) is 0 Å². The minimum absolute atomic E-state index is 0.260. The molecule has 4 aromatic carbocycles. The van der Waals surface area contributed by atoms with Gasteiger partial charge in [-0.25, -0.2) is 0 Å². The first kappa shape index (κ1) is 19.7. The molecule has 146 valence electrons. The maximum Gasteiger partial charge on any atom is -0.00630 e. The zero-order chi connectivity index (χ0) is 20.6. The maximum atomic E-state index is 2.37. The average molecular weight is 387 g/mol. The fourth-order valence-corrected chi connectivity index (χ4v) is 3.76. The third-order valence-electron chi connectivity index (χ3n) is 5.20. The van der Waals surface area contributed by atoms with Gasteiger partial charge < -0.3 is 0 Å². The van der Waals surface area contributed by atoms with Crippen LogP contribution in [-0.4, -0.2) is 0 Å². The Hall–Kier alpha value is -3.64. The predicted molar refractivity (Wildman–Crippen MR) is 129 cm³/mol. The van der Waals surface area contributed by atoms with Crippen molar-refractivity contribution in [2.75, 3.05) is 0 Å². The number of allylic oxidation sites excluding steroid dienone is 2. The second-order valence-electron chi connectivity index (χ2n) is 7.48. The first-order valence-corrected chi connectivity index (χ1v) is 10.5. The van der Waals surface area contributed by atoms with Gasteiger partial charge in [-0.15, -0.1) is 0 Å². The number of benzene rings is 4. The van der Waals surface area contributed by atoms with Crippen LogP contribution in [0.25, 0.3) is 11.1 Å². The molecule has 0 N–H and O–H groups in total. The molecule has 0 heterocycles. The van der Waals surface area contributed by atoms with Gasteiger partial charge in [-0.3, -0.25) is 0 Å². The first-order chi connectivity index (χ1) is 14.8. The van der Waals surface area contributed by atoms with E-state index in [0.29, 0.717) is 0 Å². The summed E-state index contributed by atoms with van der Waals surface area (Å²) in [7, 11) is 0. The highest BCUT2D eigenvalue weighted by molar-refractivity contribution is 5.82. The molecule has 4 rings (SSSR count). The fourth-order valence-electron chi connectivity index (χ4n) is 3.76. The molecule has 0 aliphatic rings. The topological polar surface area (TPSA) is 0 Å². The molecule has 0 atom stereocenters. The van der Waals surface area contributed by atoms with Crippen LogP contribution in [0.2, 0.25) is 0 Å². The Morgan fingerprint density at radius 3 is 0.900 bits per heavy atom. The van der Waals surface area contributed by atoms with Crippen molar-refractivity contribution in [2.45, 2.75) is 6.92 Å². The summed E-state index contributed by atoms with van der Waals surface area (Å²) in [6.45, 7) is 2.26. The number of hydrogen-bond acceptors (Lipinski definition) is 0. The van der Waals surface area contributed by atoms with Crippen molar-refractivity contribution in [3.8, 4) is 0 Å². The van der Waals surface area contributed by atoms with Crippen LogP contribution >= 0.6 is 0 Å². The van der Waals surface area contributed by atoms with Crippen LogP contribution in [0.5, 0.6) is 0 Å². The largest absolute Gasteiger partial charge is 0.0694 e. The lowest BCUT2D eigenvalue weighted by atomic mass is 9.91. The Morgan fingerprint density at radius 1 is 0.433 bits per heavy atom. The molecule has 0 spiro atoms. The van der Waals surface area contributed by atoms with E-state index in [4.69, 9.17) is 0 Å². The summed E-state index contributed by atoms with van der Waals surface area (Å²) in [5, 5.41) is 0. The van der Waals surface area contributed by atoms with E-state index >= 15 is 0 Å². The van der Waals surface area contributed by atoms with Gasteiger partial charge in [0.2, 0.25) is 0 Å². The molecular formula is C30H26. The van der Waals surface area contributed by atoms with Gasteiger partial charge in [-0.1, -0.05) is 140 Å². The van der Waals surface area contributed by atoms with Crippen molar-refractivity contribution in [3.63, 3.8) is 0 Å². The first-order valence-electron chi connectivity index (χ1n) is 10.5. The van der Waals surface area contributed by atoms with E-state index < -0.39 is 0 Å². The third-order valence-corrected chi connectivity index (χ3v) is 5.20. The van der Waals surface area contributed by atoms with Crippen LogP contribution in [0.3, 0.4) is 0 Å². The highest BCUT2D eigenvalue weighted by Gasteiger charge is 2.09. The molecule has 0 bridgehead atoms. The molecule has 0 aliphatic heterocycles. The van der Waals surface area contributed by atoms with Crippen molar-refractivity contribution in [1.29, 1.82) is 0 Å². The van der Waals surface area contributed by atoms with E-state index in [9.17, 15) is 0 Å². The Kier molecular flexibility index (Phi) is 6.37. The minimum Gasteiger partial charge on any atom is -0.0694 e. The van der Waals surface area contributed by atoms with E-state index in [2.05, 4.69) is 140 Å². The normalized spacial score (nSPS) is 10.5. The average Bonchev–Trinajstić information content (AvgIpc) is 2.83. The van der Waals surface area contributed by atoms with Gasteiger partial charge in [-0.2, -0.15) is 0 Å². The van der Waals surface area contributed by atoms with Gasteiger partial charge in [0.25, 0.3) is 0 Å². The highest BCUT2D eigenvalue weighted by atomic mass is 14.1. The summed E-state index contributed by atoms with van der Waals surface area (Å²) in [5.74, 6) is 0.260. The molecule has 0 saturated heterocycles. The zero-order valence-corrected chi connectivity index (χ0v) is 17.3. The van der Waals surface area contributed by atoms with Gasteiger partial charge in [0.1, 0.15) is 0 Å². The third kappa shape index (κ3) is 4.85. The molecule has 0 amide bonds. The molecular weight excluding hydrogens is 360 g/mol. The van der Waals surface area contributed by atoms with Crippen LogP contribution in [0.1, 0.15) is 29.2 Å². The summed E-state index contributed by atoms with van der Waals surface area (Å²) in [5.41, 5.74) is 7.49. The second-order valence-corrected chi connectivity index (χ2v) is 7.48. The van der Waals surface area contributed by atoms with Gasteiger partial charge >= 0.3 is 0 Å². The Labute approximate surface area is 179 Å². The quantitative estimate of drug-likeness (QED) is 0.316. The predicted octanol–water partition coefficient (Wildman–Crippen LogP) is 7.89. The summed E-state index contributed by atoms with van der Waals surface area (Å²) in [6.07, 6.45) is 4.74. The van der Waals surface area contributed by atoms with Gasteiger partial charge in [0.15, 0.2) is 0 Å². The molecule has 0 aliphatic carbocycles. The monoisotopic (exact) mass is 386 g/mol. The number of rotatable bonds is 6. The summed E-state index contributed by atoms with van der Waals surface area (Å²) < 4.78 is 0. The SMILES string of the molecule is CC(C=C(c1ccccc1)c1ccccc1)C=C(c1ccccc1)c1ccccc1. The molecule has 0 aromatic heterocycles. The van der Waals surface area contributed by atoms with Crippen molar-refractivity contribution in [3.05, 3.63) is 156 Å². The fraction of sp³-hybridized carbons (Fsp3) is 0.0667. The summed E-state index contributed by atoms with van der Waals surface area (Å²) in [6, 6.07) is 42.6. The lowest BCUT2D eigenvalue weighted by molar-refractivity contribution is 0.944. The van der Waals surface area contributed by atoms with Crippen LogP contribution < -0.4 is 0 Å². The molecule has 0 heteroatoms. The van der Waals surface area contributed by atoms with E-state index in [1.54, 1.807) is 0 Å². The minimum atomic E-state index is 0.260. The number of hydrogen-bond donors (Lipinski definition) is 0. The Morgan fingerprint density at radius 2 is 0.667 bits per heavy atom. The molecule has 0 nitrogen and oxygen atoms in total. The Bertz CT molecular complexity index is 930. The van der Waals surface area contributed by atoms with E-state index in [-0.39, 0.29) is 5.92 Å². The van der Waals surface area contributed by atoms with Crippen molar-refractivity contribution >= 4 is 11.1 Å². The van der Waals surface area contributed by atoms with Gasteiger partial charge in [-0.05, 0) is 39.3 Å². The highest BCUT2D eigenvalue weighted by Crippen LogP contribution is 2.29. The molecule has 30 heavy (non-hydrogen) atoms. The second kappa shape index (κ2) is 9.71. The lowest BCUT2D eigenvalue weighted by Gasteiger charge is -2.14. The molecule has 4 aromatic rings. The van der Waals surface area contributed by atoms with Crippen molar-refractivity contribution < 1.29 is 0 Å². The van der Waals surface area contributed by atoms with Crippen LogP contribution in [0.15, 0.2) is 133 Å². The van der Waals surface area contributed by atoms with E-state index in [0.717, 1.165) is 0 Å². The van der Waals surface area contributed by atoms with E-state index in [1.165, 1.54) is 33.4 Å². The van der Waals surface area contributed by atoms with Crippen LogP contribution in [0, 0.1) is 5.92 Å². The molecule has 0 saturated carbocycles. The molecule has 0 radical (unpaired) electrons. The van der Waals surface area contributed by atoms with Gasteiger partial charge in [0.05, 0.1) is 0 Å².